The maximum absolute atomic E-state index is 4.45. The Morgan fingerprint density at radius 1 is 1.11 bits per heavy atom. The average molecular weight is 248 g/mol. The Morgan fingerprint density at radius 2 is 1.67 bits per heavy atom. The van der Waals surface area contributed by atoms with E-state index in [4.69, 9.17) is 0 Å². The molecular formula is C16H28N2. The summed E-state index contributed by atoms with van der Waals surface area (Å²) in [6.07, 6.45) is 12.1. The molecule has 0 aromatic rings. The molecule has 0 atom stereocenters. The minimum absolute atomic E-state index is 0.0553. The van der Waals surface area contributed by atoms with Crippen molar-refractivity contribution >= 4 is 12.1 Å². The third kappa shape index (κ3) is 5.95. The van der Waals surface area contributed by atoms with Gasteiger partial charge in [-0.2, -0.15) is 0 Å². The highest BCUT2D eigenvalue weighted by atomic mass is 14.9. The lowest BCUT2D eigenvalue weighted by atomic mass is 9.79. The van der Waals surface area contributed by atoms with Crippen LogP contribution in [-0.2, 0) is 0 Å². The Morgan fingerprint density at radius 3 is 2.06 bits per heavy atom. The SMILES string of the molecule is C=CC=NC(=NC=C)C(C)(CCCC)CCCC. The molecule has 0 aliphatic carbocycles. The van der Waals surface area contributed by atoms with Gasteiger partial charge in [-0.15, -0.1) is 0 Å². The van der Waals surface area contributed by atoms with Crippen molar-refractivity contribution in [1.29, 1.82) is 0 Å². The molecule has 0 saturated carbocycles. The first-order chi connectivity index (χ1) is 8.64. The highest BCUT2D eigenvalue weighted by Gasteiger charge is 2.29. The molecule has 0 aliphatic rings. The minimum atomic E-state index is 0.0553. The van der Waals surface area contributed by atoms with Gasteiger partial charge in [-0.05, 0) is 12.8 Å². The van der Waals surface area contributed by atoms with Gasteiger partial charge in [0.2, 0.25) is 0 Å². The molecule has 2 heteroatoms. The topological polar surface area (TPSA) is 24.7 Å². The van der Waals surface area contributed by atoms with Gasteiger partial charge in [0.05, 0.1) is 0 Å². The molecule has 0 rings (SSSR count). The Kier molecular flexibility index (Phi) is 9.17. The van der Waals surface area contributed by atoms with Crippen LogP contribution >= 0.6 is 0 Å². The quantitative estimate of drug-likeness (QED) is 0.397. The van der Waals surface area contributed by atoms with E-state index in [0.29, 0.717) is 0 Å². The maximum Gasteiger partial charge on any atom is 0.134 e. The molecule has 0 aromatic carbocycles. The lowest BCUT2D eigenvalue weighted by molar-refractivity contribution is 0.365. The summed E-state index contributed by atoms with van der Waals surface area (Å²) in [7, 11) is 0. The van der Waals surface area contributed by atoms with Crippen molar-refractivity contribution in [2.45, 2.75) is 59.3 Å². The first kappa shape index (κ1) is 16.8. The van der Waals surface area contributed by atoms with E-state index in [0.717, 1.165) is 18.7 Å². The van der Waals surface area contributed by atoms with E-state index in [2.05, 4.69) is 43.9 Å². The first-order valence-electron chi connectivity index (χ1n) is 6.98. The molecule has 0 spiro atoms. The summed E-state index contributed by atoms with van der Waals surface area (Å²) in [6.45, 7) is 14.1. The van der Waals surface area contributed by atoms with E-state index < -0.39 is 0 Å². The zero-order valence-electron chi connectivity index (χ0n) is 12.3. The van der Waals surface area contributed by atoms with E-state index in [-0.39, 0.29) is 5.41 Å². The van der Waals surface area contributed by atoms with Crippen LogP contribution in [0.15, 0.2) is 35.4 Å². The second-order valence-electron chi connectivity index (χ2n) is 4.92. The van der Waals surface area contributed by atoms with Crippen molar-refractivity contribution in [2.24, 2.45) is 15.4 Å². The molecule has 102 valence electrons. The zero-order chi connectivity index (χ0) is 13.9. The molecule has 0 fully saturated rings. The molecule has 0 aliphatic heterocycles. The molecule has 0 radical (unpaired) electrons. The van der Waals surface area contributed by atoms with E-state index in [1.165, 1.54) is 25.7 Å². The van der Waals surface area contributed by atoms with Crippen LogP contribution in [0.1, 0.15) is 59.3 Å². The largest absolute Gasteiger partial charge is 0.241 e. The van der Waals surface area contributed by atoms with Crippen molar-refractivity contribution in [3.05, 3.63) is 25.4 Å². The van der Waals surface area contributed by atoms with Gasteiger partial charge in [0.1, 0.15) is 5.84 Å². The van der Waals surface area contributed by atoms with Gasteiger partial charge in [0.15, 0.2) is 0 Å². The van der Waals surface area contributed by atoms with Gasteiger partial charge in [-0.1, -0.05) is 65.7 Å². The van der Waals surface area contributed by atoms with E-state index in [1.807, 2.05) is 0 Å². The van der Waals surface area contributed by atoms with Gasteiger partial charge >= 0.3 is 0 Å². The van der Waals surface area contributed by atoms with Crippen LogP contribution in [0.4, 0.5) is 0 Å². The molecule has 0 amide bonds. The summed E-state index contributed by atoms with van der Waals surface area (Å²) in [5.41, 5.74) is 0.0553. The fourth-order valence-electron chi connectivity index (χ4n) is 2.04. The van der Waals surface area contributed by atoms with Gasteiger partial charge in [0.25, 0.3) is 0 Å². The molecule has 0 N–H and O–H groups in total. The van der Waals surface area contributed by atoms with Crippen LogP contribution in [0.25, 0.3) is 0 Å². The summed E-state index contributed by atoms with van der Waals surface area (Å²) in [6, 6.07) is 0. The Balaban J connectivity index is 5.06. The molecule has 0 bridgehead atoms. The smallest absolute Gasteiger partial charge is 0.134 e. The number of amidine groups is 1. The van der Waals surface area contributed by atoms with Crippen LogP contribution in [0.3, 0.4) is 0 Å². The molecule has 0 saturated heterocycles. The van der Waals surface area contributed by atoms with Gasteiger partial charge < -0.3 is 0 Å². The highest BCUT2D eigenvalue weighted by molar-refractivity contribution is 5.96. The third-order valence-corrected chi connectivity index (χ3v) is 3.22. The first-order valence-corrected chi connectivity index (χ1v) is 6.98. The summed E-state index contributed by atoms with van der Waals surface area (Å²) >= 11 is 0. The number of unbranched alkanes of at least 4 members (excludes halogenated alkanes) is 2. The van der Waals surface area contributed by atoms with Crippen LogP contribution in [0.5, 0.6) is 0 Å². The summed E-state index contributed by atoms with van der Waals surface area (Å²) < 4.78 is 0. The predicted molar refractivity (Wildman–Crippen MR) is 83.5 cm³/mol. The van der Waals surface area contributed by atoms with Crippen LogP contribution in [0, 0.1) is 5.41 Å². The van der Waals surface area contributed by atoms with Crippen LogP contribution in [0.2, 0.25) is 0 Å². The summed E-state index contributed by atoms with van der Waals surface area (Å²) in [4.78, 5) is 8.82. The Bertz CT molecular complexity index is 292. The third-order valence-electron chi connectivity index (χ3n) is 3.22. The molecule has 0 aromatic heterocycles. The van der Waals surface area contributed by atoms with Crippen molar-refractivity contribution in [2.75, 3.05) is 0 Å². The highest BCUT2D eigenvalue weighted by Crippen LogP contribution is 2.33. The van der Waals surface area contributed by atoms with E-state index >= 15 is 0 Å². The fourth-order valence-corrected chi connectivity index (χ4v) is 2.04. The molecular weight excluding hydrogens is 220 g/mol. The van der Waals surface area contributed by atoms with Gasteiger partial charge in [-0.25, -0.2) is 9.98 Å². The second kappa shape index (κ2) is 9.81. The molecule has 0 unspecified atom stereocenters. The molecule has 2 nitrogen and oxygen atoms in total. The average Bonchev–Trinajstić information content (AvgIpc) is 2.38. The number of hydrogen-bond donors (Lipinski definition) is 0. The number of nitrogens with zero attached hydrogens (tertiary/aromatic N) is 2. The zero-order valence-corrected chi connectivity index (χ0v) is 12.3. The van der Waals surface area contributed by atoms with E-state index in [9.17, 15) is 0 Å². The summed E-state index contributed by atoms with van der Waals surface area (Å²) in [5.74, 6) is 0.888. The van der Waals surface area contributed by atoms with Crippen molar-refractivity contribution in [1.82, 2.24) is 0 Å². The lowest BCUT2D eigenvalue weighted by Crippen LogP contribution is -2.26. The Hall–Kier alpha value is -1.18. The molecule has 18 heavy (non-hydrogen) atoms. The van der Waals surface area contributed by atoms with Gasteiger partial charge in [0, 0.05) is 17.8 Å². The maximum atomic E-state index is 4.45. The second-order valence-corrected chi connectivity index (χ2v) is 4.92. The standard InChI is InChI=1S/C16H28N2/c1-6-10-12-16(5,13-11-7-2)15(17-9-4)18-14-8-3/h8-9,14H,3-4,6-7,10-13H2,1-2,5H3. The van der Waals surface area contributed by atoms with Crippen LogP contribution in [-0.4, -0.2) is 12.1 Å². The van der Waals surface area contributed by atoms with Crippen molar-refractivity contribution in [3.8, 4) is 0 Å². The van der Waals surface area contributed by atoms with Crippen molar-refractivity contribution in [3.63, 3.8) is 0 Å². The molecule has 0 heterocycles. The van der Waals surface area contributed by atoms with Crippen LogP contribution < -0.4 is 0 Å². The summed E-state index contributed by atoms with van der Waals surface area (Å²) in [5, 5.41) is 0. The normalized spacial score (nSPS) is 12.9. The van der Waals surface area contributed by atoms with E-state index in [1.54, 1.807) is 18.5 Å². The predicted octanol–water partition coefficient (Wildman–Crippen LogP) is 5.17. The van der Waals surface area contributed by atoms with Gasteiger partial charge in [-0.3, -0.25) is 0 Å². The number of allylic oxidation sites excluding steroid dienone is 1. The number of aliphatic imine (C=N–C) groups is 2. The number of hydrogen-bond acceptors (Lipinski definition) is 1. The number of rotatable bonds is 9. The minimum Gasteiger partial charge on any atom is -0.241 e. The monoisotopic (exact) mass is 248 g/mol. The van der Waals surface area contributed by atoms with Crippen molar-refractivity contribution < 1.29 is 0 Å². The lowest BCUT2D eigenvalue weighted by Gasteiger charge is -2.28. The Labute approximate surface area is 113 Å². The fraction of sp³-hybridized carbons (Fsp3) is 0.625.